The molecule has 0 aliphatic rings. The van der Waals surface area contributed by atoms with E-state index in [0.717, 1.165) is 0 Å². The van der Waals surface area contributed by atoms with E-state index in [-0.39, 0.29) is 96.0 Å². The minimum atomic E-state index is -0.833. The van der Waals surface area contributed by atoms with Crippen LogP contribution in [-0.4, -0.2) is 97.2 Å². The van der Waals surface area contributed by atoms with Gasteiger partial charge in [-0.1, -0.05) is 32.9 Å². The second-order valence-electron chi connectivity index (χ2n) is 9.51. The second kappa shape index (κ2) is 21.5. The topological polar surface area (TPSA) is 125 Å². The van der Waals surface area contributed by atoms with Crippen LogP contribution in [0.2, 0.25) is 0 Å². The lowest BCUT2D eigenvalue weighted by molar-refractivity contribution is -0.146. The third-order valence-corrected chi connectivity index (χ3v) is 5.04. The van der Waals surface area contributed by atoms with Gasteiger partial charge in [0.2, 0.25) is 0 Å². The molecule has 0 heterocycles. The lowest BCUT2D eigenvalue weighted by Gasteiger charge is -2.33. The first kappa shape index (κ1) is 37.8. The molecule has 0 aliphatic heterocycles. The smallest absolute Gasteiger partial charge is 0.333 e. The minimum absolute atomic E-state index is 0.0227. The normalized spacial score (nSPS) is 10.8. The number of hydrogen-bond acceptors (Lipinski definition) is 11. The van der Waals surface area contributed by atoms with Gasteiger partial charge in [-0.3, -0.25) is 0 Å². The van der Waals surface area contributed by atoms with E-state index in [1.165, 1.54) is 0 Å². The molecular weight excluding hydrogens is 536 g/mol. The summed E-state index contributed by atoms with van der Waals surface area (Å²) in [7, 11) is 0. The molecule has 0 fully saturated rings. The molecule has 11 heteroatoms. The quantitative estimate of drug-likeness (QED) is 0.0392. The van der Waals surface area contributed by atoms with Gasteiger partial charge in [0.05, 0.1) is 58.3 Å². The van der Waals surface area contributed by atoms with Gasteiger partial charge in [0.15, 0.2) is 0 Å². The Morgan fingerprint density at radius 3 is 0.951 bits per heavy atom. The highest BCUT2D eigenvalue weighted by molar-refractivity contribution is 5.87. The van der Waals surface area contributed by atoms with E-state index in [9.17, 15) is 14.4 Å². The maximum Gasteiger partial charge on any atom is 0.333 e. The van der Waals surface area contributed by atoms with Crippen molar-refractivity contribution in [2.24, 2.45) is 5.41 Å². The lowest BCUT2D eigenvalue weighted by Crippen LogP contribution is -2.43. The van der Waals surface area contributed by atoms with Gasteiger partial charge in [0, 0.05) is 16.7 Å². The molecule has 41 heavy (non-hydrogen) atoms. The van der Waals surface area contributed by atoms with E-state index in [2.05, 4.69) is 32.9 Å². The van der Waals surface area contributed by atoms with Crippen LogP contribution in [0.1, 0.15) is 27.7 Å². The Labute approximate surface area is 243 Å². The van der Waals surface area contributed by atoms with Crippen molar-refractivity contribution in [3.05, 3.63) is 60.9 Å². The maximum absolute atomic E-state index is 11.6. The van der Waals surface area contributed by atoms with E-state index in [0.29, 0.717) is 11.3 Å². The Bertz CT molecular complexity index is 770. The van der Waals surface area contributed by atoms with Crippen molar-refractivity contribution in [1.82, 2.24) is 0 Å². The maximum atomic E-state index is 11.6. The molecule has 0 saturated carbocycles. The predicted octanol–water partition coefficient (Wildman–Crippen LogP) is 3.50. The third kappa shape index (κ3) is 18.7. The Hall–Kier alpha value is -3.25. The number of allylic oxidation sites excluding steroid dienone is 1. The van der Waals surface area contributed by atoms with Crippen molar-refractivity contribution < 1.29 is 52.3 Å². The molecule has 0 amide bonds. The summed E-state index contributed by atoms with van der Waals surface area (Å²) in [5, 5.41) is 0. The van der Waals surface area contributed by atoms with Crippen molar-refractivity contribution in [2.75, 3.05) is 79.3 Å². The number of ether oxygens (including phenoxy) is 8. The van der Waals surface area contributed by atoms with E-state index < -0.39 is 23.3 Å². The minimum Gasteiger partial charge on any atom is -0.492 e. The summed E-state index contributed by atoms with van der Waals surface area (Å²) in [4.78, 5) is 34.9. The first-order chi connectivity index (χ1) is 19.3. The summed E-state index contributed by atoms with van der Waals surface area (Å²) < 4.78 is 44.1. The van der Waals surface area contributed by atoms with Gasteiger partial charge in [-0.2, -0.15) is 0 Å². The lowest BCUT2D eigenvalue weighted by atomic mass is 9.92. The van der Waals surface area contributed by atoms with Crippen molar-refractivity contribution >= 4 is 17.9 Å². The van der Waals surface area contributed by atoms with Crippen molar-refractivity contribution in [3.8, 4) is 0 Å². The van der Waals surface area contributed by atoms with Gasteiger partial charge in [-0.05, 0) is 33.3 Å². The van der Waals surface area contributed by atoms with E-state index in [1.54, 1.807) is 27.7 Å². The van der Waals surface area contributed by atoms with Gasteiger partial charge in [0.1, 0.15) is 32.2 Å². The molecule has 0 saturated heterocycles. The highest BCUT2D eigenvalue weighted by Crippen LogP contribution is 2.21. The Balaban J connectivity index is 5.28. The van der Waals surface area contributed by atoms with Crippen LogP contribution in [-0.2, 0) is 52.3 Å². The van der Waals surface area contributed by atoms with Crippen LogP contribution in [0.5, 0.6) is 0 Å². The molecule has 0 N–H and O–H groups in total. The SMILES string of the molecule is C=C(C)C(=C)OCCOCC(COCCOC(=O)C(=C)C)(COCCOC(=O)C(=C)C)COCCOC(=O)C(=C)C. The molecular formula is C30H46O11. The highest BCUT2D eigenvalue weighted by Gasteiger charge is 2.33. The number of carbonyl (C=O) groups excluding carboxylic acids is 3. The molecule has 0 aliphatic carbocycles. The van der Waals surface area contributed by atoms with Crippen molar-refractivity contribution in [1.29, 1.82) is 0 Å². The molecule has 0 bridgehead atoms. The standard InChI is InChI=1S/C30H46O11/c1-22(2)26(9)38-14-10-34-18-30(19-35-11-15-39-27(31)23(3)4,20-36-12-16-40-28(32)24(5)6)21-37-13-17-41-29(33)25(7)8/h1,3,5,7,9-21H2,2,4,6,8H3. The summed E-state index contributed by atoms with van der Waals surface area (Å²) in [6, 6.07) is 0. The van der Waals surface area contributed by atoms with E-state index in [4.69, 9.17) is 37.9 Å². The fourth-order valence-electron chi connectivity index (χ4n) is 2.70. The highest BCUT2D eigenvalue weighted by atomic mass is 16.6. The number of rotatable bonds is 25. The summed E-state index contributed by atoms with van der Waals surface area (Å²) in [6.07, 6.45) is 0. The molecule has 0 aromatic heterocycles. The van der Waals surface area contributed by atoms with Crippen LogP contribution in [0, 0.1) is 5.41 Å². The molecule has 0 radical (unpaired) electrons. The molecule has 0 atom stereocenters. The molecule has 0 unspecified atom stereocenters. The van der Waals surface area contributed by atoms with Gasteiger partial charge < -0.3 is 37.9 Å². The summed E-state index contributed by atoms with van der Waals surface area (Å²) in [5.74, 6) is -1.08. The third-order valence-electron chi connectivity index (χ3n) is 5.04. The van der Waals surface area contributed by atoms with Gasteiger partial charge >= 0.3 is 17.9 Å². The van der Waals surface area contributed by atoms with Crippen LogP contribution in [0.3, 0.4) is 0 Å². The van der Waals surface area contributed by atoms with E-state index in [1.807, 2.05) is 0 Å². The first-order valence-electron chi connectivity index (χ1n) is 13.1. The number of esters is 3. The van der Waals surface area contributed by atoms with Crippen molar-refractivity contribution in [2.45, 2.75) is 27.7 Å². The zero-order valence-electron chi connectivity index (χ0n) is 25.0. The summed E-state index contributed by atoms with van der Waals surface area (Å²) in [5.41, 5.74) is 0.726. The molecule has 0 rings (SSSR count). The van der Waals surface area contributed by atoms with E-state index >= 15 is 0 Å². The van der Waals surface area contributed by atoms with Crippen LogP contribution in [0.25, 0.3) is 0 Å². The average Bonchev–Trinajstić information content (AvgIpc) is 2.91. The fourth-order valence-corrected chi connectivity index (χ4v) is 2.70. The largest absolute Gasteiger partial charge is 0.492 e. The van der Waals surface area contributed by atoms with Crippen LogP contribution < -0.4 is 0 Å². The molecule has 0 aromatic carbocycles. The van der Waals surface area contributed by atoms with Gasteiger partial charge in [-0.25, -0.2) is 14.4 Å². The van der Waals surface area contributed by atoms with Gasteiger partial charge in [0.25, 0.3) is 0 Å². The molecule has 0 aromatic rings. The Morgan fingerprint density at radius 2 is 0.707 bits per heavy atom. The number of carbonyl (C=O) groups is 3. The molecule has 0 spiro atoms. The van der Waals surface area contributed by atoms with Crippen molar-refractivity contribution in [3.63, 3.8) is 0 Å². The summed E-state index contributed by atoms with van der Waals surface area (Å²) in [6.45, 7) is 26.0. The van der Waals surface area contributed by atoms with Crippen LogP contribution >= 0.6 is 0 Å². The fraction of sp³-hybridized carbons (Fsp3) is 0.567. The average molecular weight is 583 g/mol. The van der Waals surface area contributed by atoms with Crippen LogP contribution in [0.4, 0.5) is 0 Å². The number of hydrogen-bond donors (Lipinski definition) is 0. The zero-order chi connectivity index (χ0) is 31.3. The van der Waals surface area contributed by atoms with Gasteiger partial charge in [-0.15, -0.1) is 0 Å². The molecule has 232 valence electrons. The monoisotopic (exact) mass is 582 g/mol. The van der Waals surface area contributed by atoms with Crippen LogP contribution in [0.15, 0.2) is 60.9 Å². The first-order valence-corrected chi connectivity index (χ1v) is 13.1. The Morgan fingerprint density at radius 1 is 0.439 bits per heavy atom. The zero-order valence-corrected chi connectivity index (χ0v) is 25.0. The molecule has 11 nitrogen and oxygen atoms in total. The summed E-state index contributed by atoms with van der Waals surface area (Å²) >= 11 is 0. The second-order valence-corrected chi connectivity index (χ2v) is 9.51. The predicted molar refractivity (Wildman–Crippen MR) is 153 cm³/mol. The Kier molecular flexibility index (Phi) is 19.8.